The molecule has 4 nitrogen and oxygen atoms in total. The van der Waals surface area contributed by atoms with Gasteiger partial charge in [0.15, 0.2) is 5.78 Å². The van der Waals surface area contributed by atoms with Crippen LogP contribution in [0.3, 0.4) is 0 Å². The maximum Gasteiger partial charge on any atom is 0.189 e. The first-order chi connectivity index (χ1) is 13.4. The van der Waals surface area contributed by atoms with E-state index in [1.165, 1.54) is 0 Å². The minimum absolute atomic E-state index is 0.0593. The van der Waals surface area contributed by atoms with Gasteiger partial charge in [-0.15, -0.1) is 0 Å². The smallest absolute Gasteiger partial charge is 0.189 e. The second kappa shape index (κ2) is 8.89. The van der Waals surface area contributed by atoms with Crippen molar-refractivity contribution in [3.8, 4) is 5.75 Å². The first kappa shape index (κ1) is 19.9. The van der Waals surface area contributed by atoms with Gasteiger partial charge in [0.25, 0.3) is 0 Å². The molecule has 0 spiro atoms. The Bertz CT molecular complexity index is 964. The molecule has 0 aliphatic heterocycles. The fourth-order valence-electron chi connectivity index (χ4n) is 3.02. The van der Waals surface area contributed by atoms with Crippen LogP contribution < -0.4 is 10.1 Å². The maximum absolute atomic E-state index is 12.7. The molecule has 1 heterocycles. The summed E-state index contributed by atoms with van der Waals surface area (Å²) >= 11 is 0. The van der Waals surface area contributed by atoms with E-state index >= 15 is 0 Å². The van der Waals surface area contributed by atoms with Crippen molar-refractivity contribution in [2.24, 2.45) is 0 Å². The van der Waals surface area contributed by atoms with Crippen LogP contribution in [0.25, 0.3) is 17.0 Å². The fraction of sp³-hybridized carbons (Fsp3) is 0.292. The first-order valence-electron chi connectivity index (χ1n) is 9.69. The van der Waals surface area contributed by atoms with Gasteiger partial charge in [-0.2, -0.15) is 0 Å². The summed E-state index contributed by atoms with van der Waals surface area (Å²) in [6.45, 7) is 7.87. The molecule has 0 radical (unpaired) electrons. The maximum atomic E-state index is 12.7. The van der Waals surface area contributed by atoms with E-state index < -0.39 is 0 Å². The van der Waals surface area contributed by atoms with Gasteiger partial charge >= 0.3 is 0 Å². The highest BCUT2D eigenvalue weighted by molar-refractivity contribution is 6.09. The minimum atomic E-state index is -0.0593. The van der Waals surface area contributed by atoms with Crippen LogP contribution in [0, 0.1) is 0 Å². The molecule has 28 heavy (non-hydrogen) atoms. The number of ether oxygens (including phenoxy) is 1. The number of carbonyl (C=O) groups excluding carboxylic acids is 1. The topological polar surface area (TPSA) is 54.1 Å². The number of benzene rings is 2. The Balaban J connectivity index is 1.65. The van der Waals surface area contributed by atoms with Gasteiger partial charge in [-0.05, 0) is 69.6 Å². The van der Waals surface area contributed by atoms with E-state index in [4.69, 9.17) is 4.74 Å². The van der Waals surface area contributed by atoms with E-state index in [0.717, 1.165) is 29.4 Å². The van der Waals surface area contributed by atoms with Gasteiger partial charge in [0.05, 0.1) is 12.2 Å². The van der Waals surface area contributed by atoms with Gasteiger partial charge in [0, 0.05) is 22.6 Å². The molecule has 0 unspecified atom stereocenters. The largest absolute Gasteiger partial charge is 0.493 e. The van der Waals surface area contributed by atoms with Crippen molar-refractivity contribution in [3.63, 3.8) is 0 Å². The molecule has 4 heteroatoms. The van der Waals surface area contributed by atoms with E-state index in [1.807, 2.05) is 60.8 Å². The molecule has 2 aromatic carbocycles. The lowest BCUT2D eigenvalue weighted by atomic mass is 10.1. The van der Waals surface area contributed by atoms with E-state index in [1.54, 1.807) is 6.08 Å². The monoisotopic (exact) mass is 376 g/mol. The summed E-state index contributed by atoms with van der Waals surface area (Å²) in [6, 6.07) is 15.4. The second-order valence-corrected chi connectivity index (χ2v) is 7.86. The molecule has 146 valence electrons. The Morgan fingerprint density at radius 1 is 1.11 bits per heavy atom. The SMILES string of the molecule is CC(C)(C)NCCCOc1ccccc1C(=O)/C=C/c1cccc2[nH]ccc12. The number of H-pyrrole nitrogens is 1. The summed E-state index contributed by atoms with van der Waals surface area (Å²) in [5.41, 5.74) is 2.76. The molecular formula is C24H28N2O2. The highest BCUT2D eigenvalue weighted by Crippen LogP contribution is 2.22. The van der Waals surface area contributed by atoms with E-state index in [2.05, 4.69) is 31.1 Å². The van der Waals surface area contributed by atoms with Crippen molar-refractivity contribution >= 4 is 22.8 Å². The van der Waals surface area contributed by atoms with Gasteiger partial charge in [-0.25, -0.2) is 0 Å². The Hall–Kier alpha value is -2.85. The summed E-state index contributed by atoms with van der Waals surface area (Å²) < 4.78 is 5.88. The van der Waals surface area contributed by atoms with Crippen LogP contribution >= 0.6 is 0 Å². The van der Waals surface area contributed by atoms with E-state index in [0.29, 0.717) is 17.9 Å². The number of fused-ring (bicyclic) bond motifs is 1. The van der Waals surface area contributed by atoms with Gasteiger partial charge in [0.2, 0.25) is 0 Å². The Labute approximate surface area is 166 Å². The summed E-state index contributed by atoms with van der Waals surface area (Å²) in [5, 5.41) is 4.54. The Morgan fingerprint density at radius 3 is 2.75 bits per heavy atom. The van der Waals surface area contributed by atoms with E-state index in [-0.39, 0.29) is 11.3 Å². The highest BCUT2D eigenvalue weighted by atomic mass is 16.5. The normalized spacial score (nSPS) is 12.0. The fourth-order valence-corrected chi connectivity index (χ4v) is 3.02. The molecule has 1 aromatic heterocycles. The van der Waals surface area contributed by atoms with E-state index in [9.17, 15) is 4.79 Å². The van der Waals surface area contributed by atoms with Crippen molar-refractivity contribution in [3.05, 3.63) is 71.9 Å². The van der Waals surface area contributed by atoms with Crippen LogP contribution in [0.4, 0.5) is 0 Å². The molecule has 0 bridgehead atoms. The molecule has 0 saturated carbocycles. The summed E-state index contributed by atoms with van der Waals surface area (Å²) in [7, 11) is 0. The summed E-state index contributed by atoms with van der Waals surface area (Å²) in [4.78, 5) is 15.9. The van der Waals surface area contributed by atoms with Gasteiger partial charge < -0.3 is 15.0 Å². The molecule has 0 aliphatic rings. The zero-order valence-corrected chi connectivity index (χ0v) is 16.8. The lowest BCUT2D eigenvalue weighted by molar-refractivity contribution is 0.104. The second-order valence-electron chi connectivity index (χ2n) is 7.86. The molecule has 0 atom stereocenters. The molecule has 0 fully saturated rings. The lowest BCUT2D eigenvalue weighted by Gasteiger charge is -2.20. The van der Waals surface area contributed by atoms with Crippen LogP contribution in [-0.2, 0) is 0 Å². The molecule has 0 saturated heterocycles. The van der Waals surface area contributed by atoms with Crippen LogP contribution in [0.1, 0.15) is 43.1 Å². The zero-order valence-electron chi connectivity index (χ0n) is 16.8. The molecule has 0 amide bonds. The molecule has 3 rings (SSSR count). The number of nitrogens with one attached hydrogen (secondary N) is 2. The van der Waals surface area contributed by atoms with Crippen LogP contribution in [0.15, 0.2) is 60.8 Å². The number of rotatable bonds is 8. The quantitative estimate of drug-likeness (QED) is 0.322. The molecule has 2 N–H and O–H groups in total. The van der Waals surface area contributed by atoms with Crippen molar-refractivity contribution in [2.75, 3.05) is 13.2 Å². The third-order valence-corrected chi connectivity index (χ3v) is 4.43. The highest BCUT2D eigenvalue weighted by Gasteiger charge is 2.11. The van der Waals surface area contributed by atoms with Crippen molar-refractivity contribution in [1.82, 2.24) is 10.3 Å². The number of carbonyl (C=O) groups is 1. The number of ketones is 1. The number of para-hydroxylation sites is 1. The number of hydrogen-bond acceptors (Lipinski definition) is 3. The standard InChI is InChI=1S/C24H28N2O2/c1-24(2,3)26-15-7-17-28-23-11-5-4-9-20(23)22(27)13-12-18-8-6-10-21-19(18)14-16-25-21/h4-6,8-14,16,25-26H,7,15,17H2,1-3H3/b13-12+. The third-order valence-electron chi connectivity index (χ3n) is 4.43. The number of hydrogen-bond donors (Lipinski definition) is 2. The van der Waals surface area contributed by atoms with Crippen molar-refractivity contribution in [1.29, 1.82) is 0 Å². The number of aromatic amines is 1. The van der Waals surface area contributed by atoms with Crippen LogP contribution in [0.5, 0.6) is 5.75 Å². The van der Waals surface area contributed by atoms with Crippen molar-refractivity contribution < 1.29 is 9.53 Å². The Kier molecular flexibility index (Phi) is 6.32. The predicted octanol–water partition coefficient (Wildman–Crippen LogP) is 5.22. The third kappa shape index (κ3) is 5.33. The zero-order chi connectivity index (χ0) is 20.0. The first-order valence-corrected chi connectivity index (χ1v) is 9.69. The minimum Gasteiger partial charge on any atom is -0.493 e. The van der Waals surface area contributed by atoms with Gasteiger partial charge in [-0.3, -0.25) is 4.79 Å². The number of aromatic nitrogens is 1. The lowest BCUT2D eigenvalue weighted by Crippen LogP contribution is -2.36. The average molecular weight is 377 g/mol. The van der Waals surface area contributed by atoms with Crippen LogP contribution in [0.2, 0.25) is 0 Å². The van der Waals surface area contributed by atoms with Crippen LogP contribution in [-0.4, -0.2) is 29.5 Å². The van der Waals surface area contributed by atoms with Crippen molar-refractivity contribution in [2.45, 2.75) is 32.7 Å². The summed E-state index contributed by atoms with van der Waals surface area (Å²) in [5.74, 6) is 0.573. The molecule has 0 aliphatic carbocycles. The predicted molar refractivity (Wildman–Crippen MR) is 116 cm³/mol. The van der Waals surface area contributed by atoms with Gasteiger partial charge in [-0.1, -0.05) is 30.3 Å². The average Bonchev–Trinajstić information content (AvgIpc) is 3.14. The molecular weight excluding hydrogens is 348 g/mol. The number of allylic oxidation sites excluding steroid dienone is 1. The Morgan fingerprint density at radius 2 is 1.93 bits per heavy atom. The summed E-state index contributed by atoms with van der Waals surface area (Å²) in [6.07, 6.45) is 6.26. The molecule has 3 aromatic rings. The van der Waals surface area contributed by atoms with Gasteiger partial charge in [0.1, 0.15) is 5.75 Å².